The highest BCUT2D eigenvalue weighted by Crippen LogP contribution is 2.37. The van der Waals surface area contributed by atoms with E-state index in [2.05, 4.69) is 34.3 Å². The van der Waals surface area contributed by atoms with Crippen molar-refractivity contribution in [2.24, 2.45) is 5.41 Å². The Labute approximate surface area is 164 Å². The number of amides is 1. The van der Waals surface area contributed by atoms with Gasteiger partial charge in [-0.25, -0.2) is 9.78 Å². The van der Waals surface area contributed by atoms with Gasteiger partial charge in [0.1, 0.15) is 11.2 Å². The number of nitrogens with one attached hydrogen (secondary N) is 2. The van der Waals surface area contributed by atoms with Gasteiger partial charge < -0.3 is 9.14 Å². The van der Waals surface area contributed by atoms with Gasteiger partial charge in [-0.3, -0.25) is 10.4 Å². The Kier molecular flexibility index (Phi) is 4.21. The predicted molar refractivity (Wildman–Crippen MR) is 108 cm³/mol. The van der Waals surface area contributed by atoms with E-state index in [0.29, 0.717) is 11.2 Å². The minimum atomic E-state index is -0.552. The molecule has 7 heteroatoms. The average Bonchev–Trinajstić information content (AvgIpc) is 3.13. The van der Waals surface area contributed by atoms with Crippen molar-refractivity contribution in [1.82, 2.24) is 19.6 Å². The lowest BCUT2D eigenvalue weighted by Gasteiger charge is -2.29. The summed E-state index contributed by atoms with van der Waals surface area (Å²) in [4.78, 5) is 16.4. The minimum Gasteiger partial charge on any atom is -0.444 e. The molecule has 0 saturated heterocycles. The SMILES string of the molecule is CC1(C)CCc2c(-c3ccc4nc(NC(=O)OC(C)(C)C)cn4c3)n[nH]c2C1. The second-order valence-electron chi connectivity index (χ2n) is 9.31. The smallest absolute Gasteiger partial charge is 0.413 e. The van der Waals surface area contributed by atoms with Crippen molar-refractivity contribution < 1.29 is 9.53 Å². The lowest BCUT2D eigenvalue weighted by atomic mass is 9.76. The molecule has 3 heterocycles. The first kappa shape index (κ1) is 18.5. The fourth-order valence-electron chi connectivity index (χ4n) is 3.69. The Morgan fingerprint density at radius 2 is 2.07 bits per heavy atom. The van der Waals surface area contributed by atoms with E-state index in [1.54, 1.807) is 6.20 Å². The summed E-state index contributed by atoms with van der Waals surface area (Å²) in [6.45, 7) is 10.1. The van der Waals surface area contributed by atoms with Gasteiger partial charge in [-0.1, -0.05) is 13.8 Å². The van der Waals surface area contributed by atoms with E-state index in [4.69, 9.17) is 4.74 Å². The second kappa shape index (κ2) is 6.36. The third-order valence-electron chi connectivity index (χ3n) is 5.01. The van der Waals surface area contributed by atoms with Crippen LogP contribution in [0.4, 0.5) is 10.6 Å². The molecule has 28 heavy (non-hydrogen) atoms. The number of fused-ring (bicyclic) bond motifs is 2. The normalized spacial score (nSPS) is 16.0. The number of hydrogen-bond donors (Lipinski definition) is 2. The number of pyridine rings is 1. The van der Waals surface area contributed by atoms with Gasteiger partial charge in [0, 0.05) is 23.0 Å². The van der Waals surface area contributed by atoms with Crippen LogP contribution in [0, 0.1) is 5.41 Å². The summed E-state index contributed by atoms with van der Waals surface area (Å²) < 4.78 is 7.18. The predicted octanol–water partition coefficient (Wildman–Crippen LogP) is 4.59. The van der Waals surface area contributed by atoms with Gasteiger partial charge in [0.25, 0.3) is 0 Å². The van der Waals surface area contributed by atoms with Gasteiger partial charge in [0.05, 0.1) is 11.9 Å². The molecule has 1 aliphatic carbocycles. The molecule has 0 aliphatic heterocycles. The standard InChI is InChI=1S/C21H27N5O2/c1-20(2,3)28-19(27)23-16-12-26-11-13(6-7-17(26)22-16)18-14-8-9-21(4,5)10-15(14)24-25-18/h6-7,11-12H,8-10H2,1-5H3,(H,23,27)(H,24,25). The molecule has 0 aromatic carbocycles. The molecule has 1 amide bonds. The quantitative estimate of drug-likeness (QED) is 0.680. The van der Waals surface area contributed by atoms with Crippen LogP contribution >= 0.6 is 0 Å². The Morgan fingerprint density at radius 3 is 2.82 bits per heavy atom. The van der Waals surface area contributed by atoms with E-state index >= 15 is 0 Å². The van der Waals surface area contributed by atoms with Crippen LogP contribution in [-0.4, -0.2) is 31.3 Å². The number of hydrogen-bond acceptors (Lipinski definition) is 4. The maximum Gasteiger partial charge on any atom is 0.413 e. The van der Waals surface area contributed by atoms with Crippen molar-refractivity contribution in [3.8, 4) is 11.3 Å². The van der Waals surface area contributed by atoms with Crippen molar-refractivity contribution in [1.29, 1.82) is 0 Å². The summed E-state index contributed by atoms with van der Waals surface area (Å²) in [5, 5.41) is 10.5. The van der Waals surface area contributed by atoms with E-state index in [1.165, 1.54) is 11.3 Å². The Balaban J connectivity index is 1.60. The first-order chi connectivity index (χ1) is 13.1. The van der Waals surface area contributed by atoms with Crippen LogP contribution in [0.5, 0.6) is 0 Å². The highest BCUT2D eigenvalue weighted by atomic mass is 16.6. The summed E-state index contributed by atoms with van der Waals surface area (Å²) in [5.74, 6) is 0.456. The van der Waals surface area contributed by atoms with Crippen molar-refractivity contribution in [3.63, 3.8) is 0 Å². The Morgan fingerprint density at radius 1 is 1.29 bits per heavy atom. The highest BCUT2D eigenvalue weighted by molar-refractivity contribution is 5.84. The number of rotatable bonds is 2. The molecule has 148 valence electrons. The third kappa shape index (κ3) is 3.74. The molecule has 0 unspecified atom stereocenters. The van der Waals surface area contributed by atoms with Crippen LogP contribution in [0.1, 0.15) is 52.3 Å². The molecular formula is C21H27N5O2. The summed E-state index contributed by atoms with van der Waals surface area (Å²) in [7, 11) is 0. The third-order valence-corrected chi connectivity index (χ3v) is 5.01. The summed E-state index contributed by atoms with van der Waals surface area (Å²) in [5.41, 5.74) is 5.10. The van der Waals surface area contributed by atoms with Gasteiger partial charge >= 0.3 is 6.09 Å². The molecule has 0 atom stereocenters. The van der Waals surface area contributed by atoms with Crippen molar-refractivity contribution >= 4 is 17.6 Å². The van der Waals surface area contributed by atoms with Crippen LogP contribution in [0.25, 0.3) is 16.9 Å². The molecule has 7 nitrogen and oxygen atoms in total. The number of imidazole rings is 1. The molecule has 0 spiro atoms. The summed E-state index contributed by atoms with van der Waals surface area (Å²) in [6, 6.07) is 3.96. The molecule has 0 radical (unpaired) electrons. The maximum atomic E-state index is 12.0. The molecular weight excluding hydrogens is 354 g/mol. The van der Waals surface area contributed by atoms with Gasteiger partial charge in [-0.15, -0.1) is 0 Å². The summed E-state index contributed by atoms with van der Waals surface area (Å²) in [6.07, 6.45) is 6.47. The van der Waals surface area contributed by atoms with Crippen LogP contribution in [0.2, 0.25) is 0 Å². The van der Waals surface area contributed by atoms with Gasteiger partial charge in [0.2, 0.25) is 0 Å². The monoisotopic (exact) mass is 381 g/mol. The molecule has 4 rings (SSSR count). The number of H-pyrrole nitrogens is 1. The minimum absolute atomic E-state index is 0.313. The van der Waals surface area contributed by atoms with Crippen molar-refractivity contribution in [3.05, 3.63) is 35.8 Å². The first-order valence-electron chi connectivity index (χ1n) is 9.65. The zero-order valence-electron chi connectivity index (χ0n) is 17.1. The fraction of sp³-hybridized carbons (Fsp3) is 0.476. The van der Waals surface area contributed by atoms with Crippen LogP contribution < -0.4 is 5.32 Å². The Hall–Kier alpha value is -2.83. The first-order valence-corrected chi connectivity index (χ1v) is 9.65. The van der Waals surface area contributed by atoms with Gasteiger partial charge in [-0.2, -0.15) is 5.10 Å². The number of ether oxygens (including phenoxy) is 1. The number of carbonyl (C=O) groups is 1. The number of aromatic amines is 1. The largest absolute Gasteiger partial charge is 0.444 e. The van der Waals surface area contributed by atoms with Gasteiger partial charge in [0.15, 0.2) is 5.82 Å². The number of nitrogens with zero attached hydrogens (tertiary/aromatic N) is 3. The summed E-state index contributed by atoms with van der Waals surface area (Å²) >= 11 is 0. The van der Waals surface area contributed by atoms with Crippen LogP contribution in [0.3, 0.4) is 0 Å². The van der Waals surface area contributed by atoms with Crippen LogP contribution in [0.15, 0.2) is 24.5 Å². The highest BCUT2D eigenvalue weighted by Gasteiger charge is 2.29. The topological polar surface area (TPSA) is 84.3 Å². The van der Waals surface area contributed by atoms with E-state index in [1.807, 2.05) is 43.5 Å². The number of anilines is 1. The molecule has 3 aromatic heterocycles. The molecule has 2 N–H and O–H groups in total. The van der Waals surface area contributed by atoms with Crippen LogP contribution in [-0.2, 0) is 17.6 Å². The molecule has 0 fully saturated rings. The van der Waals surface area contributed by atoms with E-state index in [0.717, 1.165) is 36.2 Å². The molecule has 0 bridgehead atoms. The van der Waals surface area contributed by atoms with E-state index < -0.39 is 11.7 Å². The fourth-order valence-corrected chi connectivity index (χ4v) is 3.69. The molecule has 3 aromatic rings. The Bertz CT molecular complexity index is 1040. The maximum absolute atomic E-state index is 12.0. The lowest BCUT2D eigenvalue weighted by Crippen LogP contribution is -2.27. The molecule has 0 saturated carbocycles. The van der Waals surface area contributed by atoms with Gasteiger partial charge in [-0.05, 0) is 57.6 Å². The number of aromatic nitrogens is 4. The second-order valence-corrected chi connectivity index (χ2v) is 9.31. The van der Waals surface area contributed by atoms with E-state index in [-0.39, 0.29) is 0 Å². The van der Waals surface area contributed by atoms with Crippen molar-refractivity contribution in [2.75, 3.05) is 5.32 Å². The number of carbonyl (C=O) groups excluding carboxylic acids is 1. The zero-order chi connectivity index (χ0) is 20.1. The van der Waals surface area contributed by atoms with E-state index in [9.17, 15) is 4.79 Å². The average molecular weight is 381 g/mol. The zero-order valence-corrected chi connectivity index (χ0v) is 17.1. The lowest BCUT2D eigenvalue weighted by molar-refractivity contribution is 0.0635. The molecule has 1 aliphatic rings. The van der Waals surface area contributed by atoms with Crippen molar-refractivity contribution in [2.45, 2.75) is 59.5 Å².